The Morgan fingerprint density at radius 3 is 2.32 bits per heavy atom. The zero-order chi connectivity index (χ0) is 13.8. The Bertz CT molecular complexity index is 549. The van der Waals surface area contributed by atoms with Crippen molar-refractivity contribution < 1.29 is 0 Å². The molecule has 0 saturated heterocycles. The van der Waals surface area contributed by atoms with Crippen LogP contribution in [0.2, 0.25) is 0 Å². The predicted octanol–water partition coefficient (Wildman–Crippen LogP) is 5.56. The summed E-state index contributed by atoms with van der Waals surface area (Å²) < 4.78 is 2.23. The van der Waals surface area contributed by atoms with E-state index in [9.17, 15) is 0 Å². The Hall–Kier alpha value is -0.800. The summed E-state index contributed by atoms with van der Waals surface area (Å²) in [5.74, 6) is 0. The van der Waals surface area contributed by atoms with Crippen molar-refractivity contribution in [2.45, 2.75) is 26.3 Å². The fourth-order valence-electron chi connectivity index (χ4n) is 2.04. The van der Waals surface area contributed by atoms with E-state index in [4.69, 9.17) is 0 Å². The average Bonchev–Trinajstić information content (AvgIpc) is 2.37. The molecule has 0 bridgehead atoms. The van der Waals surface area contributed by atoms with Gasteiger partial charge in [0.05, 0.1) is 0 Å². The zero-order valence-electron chi connectivity index (χ0n) is 11.1. The highest BCUT2D eigenvalue weighted by Gasteiger charge is 2.06. The van der Waals surface area contributed by atoms with E-state index in [1.165, 1.54) is 16.8 Å². The first-order valence-corrected chi connectivity index (χ1v) is 7.90. The molecule has 1 unspecified atom stereocenters. The maximum Gasteiger partial charge on any atom is 0.0383 e. The highest BCUT2D eigenvalue weighted by atomic mass is 79.9. The molecule has 1 atom stereocenters. The molecular formula is C16H17Br2N. The molecule has 0 spiro atoms. The largest absolute Gasteiger partial charge is 0.382 e. The van der Waals surface area contributed by atoms with Gasteiger partial charge in [-0.25, -0.2) is 0 Å². The maximum absolute atomic E-state index is 3.57. The van der Waals surface area contributed by atoms with E-state index in [0.29, 0.717) is 6.04 Å². The fraction of sp³-hybridized carbons (Fsp3) is 0.250. The molecule has 2 aromatic carbocycles. The number of hydrogen-bond acceptors (Lipinski definition) is 1. The molecule has 0 aliphatic heterocycles. The predicted molar refractivity (Wildman–Crippen MR) is 89.8 cm³/mol. The number of hydrogen-bond donors (Lipinski definition) is 1. The van der Waals surface area contributed by atoms with Crippen LogP contribution in [0.4, 0.5) is 5.69 Å². The summed E-state index contributed by atoms with van der Waals surface area (Å²) >= 11 is 6.98. The Labute approximate surface area is 131 Å². The first kappa shape index (κ1) is 14.6. The van der Waals surface area contributed by atoms with Gasteiger partial charge >= 0.3 is 0 Å². The van der Waals surface area contributed by atoms with Gasteiger partial charge in [0, 0.05) is 20.7 Å². The number of rotatable bonds is 4. The summed E-state index contributed by atoms with van der Waals surface area (Å²) in [6.45, 7) is 4.34. The lowest BCUT2D eigenvalue weighted by atomic mass is 10.1. The first-order chi connectivity index (χ1) is 9.04. The Morgan fingerprint density at radius 2 is 1.63 bits per heavy atom. The number of benzene rings is 2. The van der Waals surface area contributed by atoms with Crippen molar-refractivity contribution in [3.8, 4) is 0 Å². The molecule has 0 heterocycles. The van der Waals surface area contributed by atoms with Crippen LogP contribution in [0, 0.1) is 6.92 Å². The van der Waals surface area contributed by atoms with Gasteiger partial charge in [-0.1, -0.05) is 50.1 Å². The van der Waals surface area contributed by atoms with Crippen molar-refractivity contribution in [1.29, 1.82) is 0 Å². The van der Waals surface area contributed by atoms with Gasteiger partial charge in [-0.05, 0) is 55.7 Å². The van der Waals surface area contributed by atoms with Crippen LogP contribution in [0.25, 0.3) is 0 Å². The molecule has 2 rings (SSSR count). The van der Waals surface area contributed by atoms with Crippen molar-refractivity contribution in [3.05, 3.63) is 62.5 Å². The molecule has 0 fully saturated rings. The third-order valence-corrected chi connectivity index (χ3v) is 4.08. The smallest absolute Gasteiger partial charge is 0.0383 e. The molecule has 0 radical (unpaired) electrons. The number of nitrogens with one attached hydrogen (secondary N) is 1. The standard InChI is InChI=1S/C16H17Br2N/c1-11-3-6-15(18)10-16(11)19-12(2)9-13-4-7-14(17)8-5-13/h3-8,10,12,19H,9H2,1-2H3. The second kappa shape index (κ2) is 6.58. The fourth-order valence-corrected chi connectivity index (χ4v) is 2.67. The van der Waals surface area contributed by atoms with Crippen LogP contribution in [-0.4, -0.2) is 6.04 Å². The summed E-state index contributed by atoms with van der Waals surface area (Å²) in [5, 5.41) is 3.57. The van der Waals surface area contributed by atoms with Crippen molar-refractivity contribution in [1.82, 2.24) is 0 Å². The monoisotopic (exact) mass is 381 g/mol. The third kappa shape index (κ3) is 4.36. The molecular weight excluding hydrogens is 366 g/mol. The third-order valence-electron chi connectivity index (χ3n) is 3.06. The van der Waals surface area contributed by atoms with Gasteiger partial charge in [-0.15, -0.1) is 0 Å². The first-order valence-electron chi connectivity index (χ1n) is 6.32. The maximum atomic E-state index is 3.57. The van der Waals surface area contributed by atoms with Crippen LogP contribution < -0.4 is 5.32 Å². The summed E-state index contributed by atoms with van der Waals surface area (Å²) in [5.41, 5.74) is 3.81. The van der Waals surface area contributed by atoms with Crippen LogP contribution in [0.5, 0.6) is 0 Å². The molecule has 0 aromatic heterocycles. The quantitative estimate of drug-likeness (QED) is 0.729. The second-order valence-electron chi connectivity index (χ2n) is 4.84. The Balaban J connectivity index is 2.02. The number of aryl methyl sites for hydroxylation is 1. The van der Waals surface area contributed by atoms with Crippen LogP contribution in [0.3, 0.4) is 0 Å². The summed E-state index contributed by atoms with van der Waals surface area (Å²) in [6, 6.07) is 15.2. The minimum Gasteiger partial charge on any atom is -0.382 e. The van der Waals surface area contributed by atoms with Crippen molar-refractivity contribution >= 4 is 37.5 Å². The second-order valence-corrected chi connectivity index (χ2v) is 6.67. The van der Waals surface area contributed by atoms with E-state index in [1.807, 2.05) is 0 Å². The molecule has 0 saturated carbocycles. The van der Waals surface area contributed by atoms with Crippen molar-refractivity contribution in [3.63, 3.8) is 0 Å². The highest BCUT2D eigenvalue weighted by molar-refractivity contribution is 9.10. The van der Waals surface area contributed by atoms with Crippen LogP contribution in [-0.2, 0) is 6.42 Å². The molecule has 19 heavy (non-hydrogen) atoms. The van der Waals surface area contributed by atoms with Gasteiger partial charge in [-0.3, -0.25) is 0 Å². The van der Waals surface area contributed by atoms with Gasteiger partial charge in [0.1, 0.15) is 0 Å². The van der Waals surface area contributed by atoms with Gasteiger partial charge in [0.15, 0.2) is 0 Å². The lowest BCUT2D eigenvalue weighted by Crippen LogP contribution is -2.18. The number of anilines is 1. The summed E-state index contributed by atoms with van der Waals surface area (Å²) in [4.78, 5) is 0. The molecule has 0 aliphatic carbocycles. The van der Waals surface area contributed by atoms with Gasteiger partial charge in [0.25, 0.3) is 0 Å². The van der Waals surface area contributed by atoms with Crippen molar-refractivity contribution in [2.75, 3.05) is 5.32 Å². The van der Waals surface area contributed by atoms with Crippen LogP contribution in [0.1, 0.15) is 18.1 Å². The van der Waals surface area contributed by atoms with E-state index >= 15 is 0 Å². The van der Waals surface area contributed by atoms with E-state index in [0.717, 1.165) is 15.4 Å². The van der Waals surface area contributed by atoms with E-state index in [1.54, 1.807) is 0 Å². The minimum atomic E-state index is 0.397. The van der Waals surface area contributed by atoms with Crippen LogP contribution >= 0.6 is 31.9 Å². The summed E-state index contributed by atoms with van der Waals surface area (Å²) in [7, 11) is 0. The normalized spacial score (nSPS) is 12.2. The molecule has 100 valence electrons. The highest BCUT2D eigenvalue weighted by Crippen LogP contribution is 2.22. The summed E-state index contributed by atoms with van der Waals surface area (Å²) in [6.07, 6.45) is 1.01. The Kier molecular flexibility index (Phi) is 5.06. The van der Waals surface area contributed by atoms with Gasteiger partial charge in [0.2, 0.25) is 0 Å². The average molecular weight is 383 g/mol. The van der Waals surface area contributed by atoms with Crippen LogP contribution in [0.15, 0.2) is 51.4 Å². The molecule has 2 aromatic rings. The van der Waals surface area contributed by atoms with E-state index < -0.39 is 0 Å². The molecule has 3 heteroatoms. The molecule has 0 amide bonds. The van der Waals surface area contributed by atoms with E-state index in [2.05, 4.69) is 93.5 Å². The lowest BCUT2D eigenvalue weighted by molar-refractivity contribution is 0.789. The van der Waals surface area contributed by atoms with E-state index in [-0.39, 0.29) is 0 Å². The zero-order valence-corrected chi connectivity index (χ0v) is 14.3. The molecule has 1 N–H and O–H groups in total. The Morgan fingerprint density at radius 1 is 1.00 bits per heavy atom. The minimum absolute atomic E-state index is 0.397. The van der Waals surface area contributed by atoms with Gasteiger partial charge in [-0.2, -0.15) is 0 Å². The van der Waals surface area contributed by atoms with Crippen molar-refractivity contribution in [2.24, 2.45) is 0 Å². The topological polar surface area (TPSA) is 12.0 Å². The SMILES string of the molecule is Cc1ccc(Br)cc1NC(C)Cc1ccc(Br)cc1. The molecule has 1 nitrogen and oxygen atoms in total. The number of halogens is 2. The molecule has 0 aliphatic rings. The van der Waals surface area contributed by atoms with Gasteiger partial charge < -0.3 is 5.32 Å². The lowest BCUT2D eigenvalue weighted by Gasteiger charge is -2.17.